The molecule has 0 bridgehead atoms. The molecule has 1 nitrogen and oxygen atoms in total. The average molecular weight is 322 g/mol. The minimum absolute atomic E-state index is 0.0835. The standard InChI is InChI=1S/C23H30O/c1-13(2)23(24)22(20-16(5)9-14(3)10-17(20)6)21-18(7)11-15(4)12-19(21)8/h9-13,24H,1-8H3. The van der Waals surface area contributed by atoms with Gasteiger partial charge in [0.25, 0.3) is 0 Å². The SMILES string of the molecule is Cc1cc(C)c(C(=C(O)C(C)C)c2c(C)cc(C)cc2C)c(C)c1. The second-order valence-corrected chi connectivity index (χ2v) is 7.46. The molecular formula is C23H30O. The number of benzene rings is 2. The van der Waals surface area contributed by atoms with Gasteiger partial charge in [-0.2, -0.15) is 0 Å². The topological polar surface area (TPSA) is 20.2 Å². The monoisotopic (exact) mass is 322 g/mol. The maximum atomic E-state index is 11.0. The zero-order chi connectivity index (χ0) is 18.2. The minimum Gasteiger partial charge on any atom is -0.511 e. The van der Waals surface area contributed by atoms with E-state index in [1.165, 1.54) is 44.5 Å². The molecule has 2 aromatic carbocycles. The normalized spacial score (nSPS) is 11.0. The number of rotatable bonds is 3. The van der Waals surface area contributed by atoms with E-state index in [9.17, 15) is 5.11 Å². The number of aliphatic hydroxyl groups excluding tert-OH is 1. The summed E-state index contributed by atoms with van der Waals surface area (Å²) >= 11 is 0. The molecule has 0 atom stereocenters. The van der Waals surface area contributed by atoms with E-state index in [1.807, 2.05) is 13.8 Å². The zero-order valence-electron chi connectivity index (χ0n) is 16.3. The Bertz CT molecular complexity index is 701. The predicted octanol–water partition coefficient (Wildman–Crippen LogP) is 6.51. The minimum atomic E-state index is 0.0835. The molecule has 1 N–H and O–H groups in total. The number of hydrogen-bond donors (Lipinski definition) is 1. The van der Waals surface area contributed by atoms with Crippen LogP contribution < -0.4 is 0 Å². The first kappa shape index (κ1) is 18.3. The van der Waals surface area contributed by atoms with Crippen molar-refractivity contribution >= 4 is 5.57 Å². The van der Waals surface area contributed by atoms with E-state index < -0.39 is 0 Å². The van der Waals surface area contributed by atoms with E-state index in [-0.39, 0.29) is 5.92 Å². The van der Waals surface area contributed by atoms with Crippen molar-refractivity contribution in [1.82, 2.24) is 0 Å². The highest BCUT2D eigenvalue weighted by Crippen LogP contribution is 2.37. The molecule has 0 radical (unpaired) electrons. The molecule has 1 heteroatoms. The summed E-state index contributed by atoms with van der Waals surface area (Å²) in [5.74, 6) is 0.556. The molecule has 0 aliphatic heterocycles. The third kappa shape index (κ3) is 3.40. The second kappa shape index (κ2) is 6.84. The summed E-state index contributed by atoms with van der Waals surface area (Å²) in [5.41, 5.74) is 10.7. The average Bonchev–Trinajstić information content (AvgIpc) is 2.42. The van der Waals surface area contributed by atoms with E-state index in [0.29, 0.717) is 5.76 Å². The number of hydrogen-bond acceptors (Lipinski definition) is 1. The highest BCUT2D eigenvalue weighted by Gasteiger charge is 2.21. The van der Waals surface area contributed by atoms with Gasteiger partial charge in [0.15, 0.2) is 0 Å². The summed E-state index contributed by atoms with van der Waals surface area (Å²) in [5, 5.41) is 11.0. The van der Waals surface area contributed by atoms with Crippen molar-refractivity contribution in [3.63, 3.8) is 0 Å². The van der Waals surface area contributed by atoms with Crippen molar-refractivity contribution in [3.8, 4) is 0 Å². The smallest absolute Gasteiger partial charge is 0.103 e. The van der Waals surface area contributed by atoms with Crippen LogP contribution in [0.1, 0.15) is 58.4 Å². The van der Waals surface area contributed by atoms with Gasteiger partial charge in [0.05, 0.1) is 0 Å². The summed E-state index contributed by atoms with van der Waals surface area (Å²) in [6.07, 6.45) is 0. The van der Waals surface area contributed by atoms with E-state index >= 15 is 0 Å². The quantitative estimate of drug-likeness (QED) is 0.638. The van der Waals surface area contributed by atoms with Crippen LogP contribution in [-0.4, -0.2) is 5.11 Å². The number of aryl methyl sites for hydroxylation is 6. The Morgan fingerprint density at radius 3 is 1.21 bits per heavy atom. The summed E-state index contributed by atoms with van der Waals surface area (Å²) in [7, 11) is 0. The molecule has 0 amide bonds. The lowest BCUT2D eigenvalue weighted by Crippen LogP contribution is -2.07. The fourth-order valence-corrected chi connectivity index (χ4v) is 3.82. The van der Waals surface area contributed by atoms with Gasteiger partial charge in [0, 0.05) is 11.5 Å². The first-order valence-electron chi connectivity index (χ1n) is 8.73. The van der Waals surface area contributed by atoms with Crippen molar-refractivity contribution in [2.24, 2.45) is 5.92 Å². The summed E-state index contributed by atoms with van der Waals surface area (Å²) in [4.78, 5) is 0. The highest BCUT2D eigenvalue weighted by atomic mass is 16.3. The van der Waals surface area contributed by atoms with Crippen LogP contribution in [0.3, 0.4) is 0 Å². The van der Waals surface area contributed by atoms with Crippen LogP contribution >= 0.6 is 0 Å². The zero-order valence-corrected chi connectivity index (χ0v) is 16.3. The van der Waals surface area contributed by atoms with Gasteiger partial charge in [-0.3, -0.25) is 0 Å². The molecule has 0 aliphatic carbocycles. The third-order valence-corrected chi connectivity index (χ3v) is 4.66. The van der Waals surface area contributed by atoms with Gasteiger partial charge in [-0.15, -0.1) is 0 Å². The van der Waals surface area contributed by atoms with E-state index in [0.717, 1.165) is 5.57 Å². The maximum Gasteiger partial charge on any atom is 0.103 e. The Labute approximate surface area is 147 Å². The third-order valence-electron chi connectivity index (χ3n) is 4.66. The molecule has 24 heavy (non-hydrogen) atoms. The molecule has 0 aliphatic rings. The molecule has 0 heterocycles. The van der Waals surface area contributed by atoms with Crippen molar-refractivity contribution in [3.05, 3.63) is 74.5 Å². The van der Waals surface area contributed by atoms with E-state index in [4.69, 9.17) is 0 Å². The van der Waals surface area contributed by atoms with Gasteiger partial charge >= 0.3 is 0 Å². The first-order chi connectivity index (χ1) is 11.1. The first-order valence-corrected chi connectivity index (χ1v) is 8.73. The van der Waals surface area contributed by atoms with E-state index in [2.05, 4.69) is 65.8 Å². The Morgan fingerprint density at radius 2 is 0.958 bits per heavy atom. The Morgan fingerprint density at radius 1 is 0.667 bits per heavy atom. The second-order valence-electron chi connectivity index (χ2n) is 7.46. The number of aliphatic hydroxyl groups is 1. The molecule has 0 saturated carbocycles. The molecule has 0 aromatic heterocycles. The fraction of sp³-hybridized carbons (Fsp3) is 0.391. The van der Waals surface area contributed by atoms with Gasteiger partial charge in [0.1, 0.15) is 5.76 Å². The van der Waals surface area contributed by atoms with Crippen molar-refractivity contribution in [2.75, 3.05) is 0 Å². The van der Waals surface area contributed by atoms with Crippen LogP contribution in [0, 0.1) is 47.5 Å². The van der Waals surface area contributed by atoms with Crippen LogP contribution in [-0.2, 0) is 0 Å². The van der Waals surface area contributed by atoms with Crippen LogP contribution in [0.4, 0.5) is 0 Å². The molecule has 0 fully saturated rings. The van der Waals surface area contributed by atoms with Crippen molar-refractivity contribution < 1.29 is 5.11 Å². The molecule has 0 unspecified atom stereocenters. The lowest BCUT2D eigenvalue weighted by atomic mass is 9.83. The molecule has 2 rings (SSSR count). The van der Waals surface area contributed by atoms with Gasteiger partial charge in [-0.1, -0.05) is 49.2 Å². The van der Waals surface area contributed by atoms with E-state index in [1.54, 1.807) is 0 Å². The van der Waals surface area contributed by atoms with Crippen molar-refractivity contribution in [1.29, 1.82) is 0 Å². The highest BCUT2D eigenvalue weighted by molar-refractivity contribution is 5.87. The predicted molar refractivity (Wildman–Crippen MR) is 105 cm³/mol. The fourth-order valence-electron chi connectivity index (χ4n) is 3.82. The van der Waals surface area contributed by atoms with Crippen molar-refractivity contribution in [2.45, 2.75) is 55.4 Å². The van der Waals surface area contributed by atoms with Gasteiger partial charge in [-0.05, 0) is 74.9 Å². The lowest BCUT2D eigenvalue weighted by Gasteiger charge is -2.22. The number of allylic oxidation sites excluding steroid dienone is 1. The summed E-state index contributed by atoms with van der Waals surface area (Å²) in [6, 6.07) is 8.81. The molecule has 0 spiro atoms. The molecule has 128 valence electrons. The van der Waals surface area contributed by atoms with Gasteiger partial charge in [-0.25, -0.2) is 0 Å². The summed E-state index contributed by atoms with van der Waals surface area (Å²) < 4.78 is 0. The molecule has 2 aromatic rings. The summed E-state index contributed by atoms with van der Waals surface area (Å²) in [6.45, 7) is 16.9. The Kier molecular flexibility index (Phi) is 5.22. The Balaban J connectivity index is 2.92. The maximum absolute atomic E-state index is 11.0. The molecular weight excluding hydrogens is 292 g/mol. The van der Waals surface area contributed by atoms with Crippen LogP contribution in [0.15, 0.2) is 30.0 Å². The van der Waals surface area contributed by atoms with Crippen LogP contribution in [0.25, 0.3) is 5.57 Å². The van der Waals surface area contributed by atoms with Gasteiger partial charge < -0.3 is 5.11 Å². The van der Waals surface area contributed by atoms with Crippen LogP contribution in [0.5, 0.6) is 0 Å². The lowest BCUT2D eigenvalue weighted by molar-refractivity contribution is 0.355. The van der Waals surface area contributed by atoms with Crippen LogP contribution in [0.2, 0.25) is 0 Å². The van der Waals surface area contributed by atoms with Gasteiger partial charge in [0.2, 0.25) is 0 Å². The largest absolute Gasteiger partial charge is 0.511 e. The molecule has 0 saturated heterocycles. The Hall–Kier alpha value is -2.02.